The predicted molar refractivity (Wildman–Crippen MR) is 55.5 cm³/mol. The fourth-order valence-corrected chi connectivity index (χ4v) is 1.14. The molecule has 0 spiro atoms. The van der Waals surface area contributed by atoms with Crippen LogP contribution in [0.3, 0.4) is 0 Å². The van der Waals surface area contributed by atoms with Gasteiger partial charge in [0.25, 0.3) is 0 Å². The van der Waals surface area contributed by atoms with Gasteiger partial charge in [-0.15, -0.1) is 0 Å². The quantitative estimate of drug-likeness (QED) is 0.587. The fraction of sp³-hybridized carbons (Fsp3) is 0.455. The molecule has 0 saturated heterocycles. The summed E-state index contributed by atoms with van der Waals surface area (Å²) in [5.74, 6) is -3.56. The van der Waals surface area contributed by atoms with Gasteiger partial charge in [0.15, 0.2) is 5.82 Å². The van der Waals surface area contributed by atoms with Gasteiger partial charge in [-0.05, 0) is 19.9 Å². The Morgan fingerprint density at radius 1 is 1.53 bits per heavy atom. The van der Waals surface area contributed by atoms with Crippen molar-refractivity contribution in [1.29, 1.82) is 0 Å². The second kappa shape index (κ2) is 6.24. The number of hydrogen-bond acceptors (Lipinski definition) is 4. The molecule has 4 nitrogen and oxygen atoms in total. The topological polar surface area (TPSA) is 48.4 Å². The molecule has 94 valence electrons. The standard InChI is InChI=1S/C11H13F2NO3/c1-3-16-6-7(2)17-11(15)8-4-5-14-10(13)9(8)12/h4-5,7H,3,6H2,1-2H3. The van der Waals surface area contributed by atoms with Gasteiger partial charge in [0.05, 0.1) is 6.61 Å². The molecule has 1 atom stereocenters. The summed E-state index contributed by atoms with van der Waals surface area (Å²) in [6.45, 7) is 4.09. The zero-order valence-corrected chi connectivity index (χ0v) is 9.57. The monoisotopic (exact) mass is 245 g/mol. The van der Waals surface area contributed by atoms with E-state index in [9.17, 15) is 13.6 Å². The molecule has 0 amide bonds. The Hall–Kier alpha value is -1.56. The van der Waals surface area contributed by atoms with Gasteiger partial charge in [-0.25, -0.2) is 14.2 Å². The Bertz CT molecular complexity index is 398. The minimum absolute atomic E-state index is 0.206. The van der Waals surface area contributed by atoms with Crippen molar-refractivity contribution < 1.29 is 23.0 Å². The maximum atomic E-state index is 13.2. The molecular weight excluding hydrogens is 232 g/mol. The summed E-state index contributed by atoms with van der Waals surface area (Å²) < 4.78 is 35.9. The summed E-state index contributed by atoms with van der Waals surface area (Å²) >= 11 is 0. The number of pyridine rings is 1. The van der Waals surface area contributed by atoms with E-state index in [1.54, 1.807) is 13.8 Å². The molecule has 0 radical (unpaired) electrons. The van der Waals surface area contributed by atoms with E-state index in [1.807, 2.05) is 0 Å². The number of rotatable bonds is 5. The van der Waals surface area contributed by atoms with Gasteiger partial charge in [-0.2, -0.15) is 4.39 Å². The summed E-state index contributed by atoms with van der Waals surface area (Å²) in [4.78, 5) is 14.6. The van der Waals surface area contributed by atoms with Gasteiger partial charge < -0.3 is 9.47 Å². The van der Waals surface area contributed by atoms with Crippen molar-refractivity contribution in [1.82, 2.24) is 4.98 Å². The Balaban J connectivity index is 2.67. The van der Waals surface area contributed by atoms with E-state index in [0.717, 1.165) is 12.3 Å². The Morgan fingerprint density at radius 3 is 2.88 bits per heavy atom. The zero-order chi connectivity index (χ0) is 12.8. The third kappa shape index (κ3) is 3.74. The second-order valence-corrected chi connectivity index (χ2v) is 3.34. The highest BCUT2D eigenvalue weighted by molar-refractivity contribution is 5.89. The number of aromatic nitrogens is 1. The van der Waals surface area contributed by atoms with Crippen LogP contribution < -0.4 is 0 Å². The van der Waals surface area contributed by atoms with Crippen LogP contribution in [0.5, 0.6) is 0 Å². The van der Waals surface area contributed by atoms with E-state index in [1.165, 1.54) is 0 Å². The Kier molecular flexibility index (Phi) is 4.96. The maximum absolute atomic E-state index is 13.2. The Morgan fingerprint density at radius 2 is 2.24 bits per heavy atom. The molecule has 6 heteroatoms. The number of hydrogen-bond donors (Lipinski definition) is 0. The average Bonchev–Trinajstić information content (AvgIpc) is 2.29. The molecule has 17 heavy (non-hydrogen) atoms. The molecule has 1 aromatic rings. The van der Waals surface area contributed by atoms with Crippen molar-refractivity contribution in [2.75, 3.05) is 13.2 Å². The second-order valence-electron chi connectivity index (χ2n) is 3.34. The van der Waals surface area contributed by atoms with Crippen molar-refractivity contribution in [2.45, 2.75) is 20.0 Å². The first-order valence-electron chi connectivity index (χ1n) is 5.15. The lowest BCUT2D eigenvalue weighted by Crippen LogP contribution is -2.21. The van der Waals surface area contributed by atoms with E-state index in [4.69, 9.17) is 9.47 Å². The van der Waals surface area contributed by atoms with E-state index in [0.29, 0.717) is 6.61 Å². The zero-order valence-electron chi connectivity index (χ0n) is 9.57. The fourth-order valence-electron chi connectivity index (χ4n) is 1.14. The third-order valence-electron chi connectivity index (χ3n) is 1.93. The van der Waals surface area contributed by atoms with Crippen molar-refractivity contribution in [2.24, 2.45) is 0 Å². The first-order valence-corrected chi connectivity index (χ1v) is 5.15. The van der Waals surface area contributed by atoms with Crippen molar-refractivity contribution in [3.05, 3.63) is 29.6 Å². The highest BCUT2D eigenvalue weighted by atomic mass is 19.2. The molecule has 1 aromatic heterocycles. The van der Waals surface area contributed by atoms with Crippen LogP contribution in [-0.4, -0.2) is 30.3 Å². The van der Waals surface area contributed by atoms with Crippen LogP contribution in [0.25, 0.3) is 0 Å². The number of ether oxygens (including phenoxy) is 2. The summed E-state index contributed by atoms with van der Waals surface area (Å²) in [6.07, 6.45) is 0.473. The summed E-state index contributed by atoms with van der Waals surface area (Å²) in [5.41, 5.74) is -0.471. The van der Waals surface area contributed by atoms with Crippen molar-refractivity contribution >= 4 is 5.97 Å². The number of esters is 1. The summed E-state index contributed by atoms with van der Waals surface area (Å²) in [5, 5.41) is 0. The minimum atomic E-state index is -1.32. The van der Waals surface area contributed by atoms with Gasteiger partial charge in [-0.3, -0.25) is 0 Å². The van der Waals surface area contributed by atoms with Crippen LogP contribution in [0.2, 0.25) is 0 Å². The van der Waals surface area contributed by atoms with Crippen LogP contribution in [0.1, 0.15) is 24.2 Å². The minimum Gasteiger partial charge on any atom is -0.457 e. The van der Waals surface area contributed by atoms with Crippen molar-refractivity contribution in [3.63, 3.8) is 0 Å². The predicted octanol–water partition coefficient (Wildman–Crippen LogP) is 1.94. The molecule has 0 aromatic carbocycles. The lowest BCUT2D eigenvalue weighted by atomic mass is 10.2. The van der Waals surface area contributed by atoms with Crippen LogP contribution >= 0.6 is 0 Å². The van der Waals surface area contributed by atoms with Gasteiger partial charge in [0.1, 0.15) is 11.7 Å². The van der Waals surface area contributed by atoms with Gasteiger partial charge in [0, 0.05) is 12.8 Å². The first-order chi connectivity index (χ1) is 8.06. The summed E-state index contributed by atoms with van der Waals surface area (Å²) in [7, 11) is 0. The molecule has 0 saturated carbocycles. The van der Waals surface area contributed by atoms with Gasteiger partial charge >= 0.3 is 5.97 Å². The number of nitrogens with zero attached hydrogens (tertiary/aromatic N) is 1. The number of carbonyl (C=O) groups is 1. The molecule has 0 aliphatic carbocycles. The van der Waals surface area contributed by atoms with E-state index in [2.05, 4.69) is 4.98 Å². The Labute approximate surface area is 97.6 Å². The van der Waals surface area contributed by atoms with Gasteiger partial charge in [0.2, 0.25) is 5.95 Å². The molecule has 0 fully saturated rings. The molecule has 0 N–H and O–H groups in total. The first kappa shape index (κ1) is 13.5. The summed E-state index contributed by atoms with van der Waals surface area (Å²) in [6, 6.07) is 1.06. The smallest absolute Gasteiger partial charge is 0.341 e. The maximum Gasteiger partial charge on any atom is 0.341 e. The number of carbonyl (C=O) groups excluding carboxylic acids is 1. The van der Waals surface area contributed by atoms with Crippen LogP contribution in [0.4, 0.5) is 8.78 Å². The molecule has 0 aliphatic heterocycles. The third-order valence-corrected chi connectivity index (χ3v) is 1.93. The molecule has 0 aliphatic rings. The molecule has 1 rings (SSSR count). The molecule has 0 bridgehead atoms. The highest BCUT2D eigenvalue weighted by Gasteiger charge is 2.19. The normalized spacial score (nSPS) is 12.2. The number of halogens is 2. The molecular formula is C11H13F2NO3. The van der Waals surface area contributed by atoms with Crippen LogP contribution in [0, 0.1) is 11.8 Å². The van der Waals surface area contributed by atoms with Gasteiger partial charge in [-0.1, -0.05) is 0 Å². The lowest BCUT2D eigenvalue weighted by Gasteiger charge is -2.13. The van der Waals surface area contributed by atoms with E-state index >= 15 is 0 Å². The van der Waals surface area contributed by atoms with E-state index in [-0.39, 0.29) is 6.61 Å². The largest absolute Gasteiger partial charge is 0.457 e. The van der Waals surface area contributed by atoms with Crippen LogP contribution in [0.15, 0.2) is 12.3 Å². The van der Waals surface area contributed by atoms with Crippen LogP contribution in [-0.2, 0) is 9.47 Å². The average molecular weight is 245 g/mol. The lowest BCUT2D eigenvalue weighted by molar-refractivity contribution is 0.00390. The van der Waals surface area contributed by atoms with E-state index < -0.39 is 29.4 Å². The molecule has 1 heterocycles. The van der Waals surface area contributed by atoms with Crippen molar-refractivity contribution in [3.8, 4) is 0 Å². The highest BCUT2D eigenvalue weighted by Crippen LogP contribution is 2.11. The molecule has 1 unspecified atom stereocenters. The SMILES string of the molecule is CCOCC(C)OC(=O)c1ccnc(F)c1F.